The fraction of sp³-hybridized carbons (Fsp3) is 0.938. The van der Waals surface area contributed by atoms with Gasteiger partial charge in [0.05, 0.1) is 6.04 Å². The molecule has 0 spiro atoms. The van der Waals surface area contributed by atoms with Crippen LogP contribution in [-0.2, 0) is 4.79 Å². The molecule has 1 amide bonds. The van der Waals surface area contributed by atoms with Gasteiger partial charge in [-0.1, -0.05) is 26.7 Å². The minimum atomic E-state index is -0.112. The molecule has 0 saturated heterocycles. The average molecular weight is 283 g/mol. The highest BCUT2D eigenvalue weighted by atomic mass is 16.2. The number of carbonyl (C=O) groups excluding carboxylic acids is 1. The molecule has 2 N–H and O–H groups in total. The fourth-order valence-corrected chi connectivity index (χ4v) is 3.03. The number of amides is 1. The Bertz CT molecular complexity index is 275. The van der Waals surface area contributed by atoms with E-state index in [2.05, 4.69) is 43.5 Å². The van der Waals surface area contributed by atoms with E-state index in [1.807, 2.05) is 6.92 Å². The van der Waals surface area contributed by atoms with Gasteiger partial charge in [-0.3, -0.25) is 4.79 Å². The van der Waals surface area contributed by atoms with Crippen LogP contribution < -0.4 is 10.6 Å². The summed E-state index contributed by atoms with van der Waals surface area (Å²) in [5.41, 5.74) is 0. The van der Waals surface area contributed by atoms with Crippen LogP contribution in [0.3, 0.4) is 0 Å². The molecule has 1 saturated carbocycles. The minimum absolute atomic E-state index is 0.112. The molecule has 0 aromatic heterocycles. The van der Waals surface area contributed by atoms with Crippen LogP contribution in [0.5, 0.6) is 0 Å². The van der Waals surface area contributed by atoms with Crippen LogP contribution >= 0.6 is 0 Å². The molecule has 0 bridgehead atoms. The van der Waals surface area contributed by atoms with E-state index < -0.39 is 0 Å². The fourth-order valence-electron chi connectivity index (χ4n) is 3.03. The molecule has 1 aliphatic carbocycles. The standard InChI is InChI=1S/C16H33N3O/c1-12(2)10-15(11-19(4)5)17-13(3)16(20)18-14-8-6-7-9-14/h12-15,17H,6-11H2,1-5H3,(H,18,20). The summed E-state index contributed by atoms with van der Waals surface area (Å²) in [6.07, 6.45) is 5.89. The minimum Gasteiger partial charge on any atom is -0.352 e. The molecule has 0 radical (unpaired) electrons. The van der Waals surface area contributed by atoms with Gasteiger partial charge in [-0.2, -0.15) is 0 Å². The van der Waals surface area contributed by atoms with Crippen LogP contribution in [0.1, 0.15) is 52.9 Å². The maximum atomic E-state index is 12.2. The van der Waals surface area contributed by atoms with Crippen molar-refractivity contribution in [2.45, 2.75) is 71.0 Å². The molecule has 118 valence electrons. The molecule has 2 atom stereocenters. The summed E-state index contributed by atoms with van der Waals surface area (Å²) in [5, 5.41) is 6.68. The molecule has 1 fully saturated rings. The normalized spacial score (nSPS) is 19.6. The molecule has 4 heteroatoms. The van der Waals surface area contributed by atoms with Crippen LogP contribution in [0.4, 0.5) is 0 Å². The highest BCUT2D eigenvalue weighted by molar-refractivity contribution is 5.81. The maximum absolute atomic E-state index is 12.2. The van der Waals surface area contributed by atoms with E-state index in [0.29, 0.717) is 18.0 Å². The average Bonchev–Trinajstić information content (AvgIpc) is 2.79. The third-order valence-corrected chi connectivity index (χ3v) is 3.92. The SMILES string of the molecule is CC(C)CC(CN(C)C)NC(C)C(=O)NC1CCCC1. The molecule has 0 aromatic rings. The van der Waals surface area contributed by atoms with Gasteiger partial charge in [-0.05, 0) is 46.2 Å². The van der Waals surface area contributed by atoms with E-state index in [0.717, 1.165) is 25.8 Å². The third kappa shape index (κ3) is 6.71. The number of nitrogens with zero attached hydrogens (tertiary/aromatic N) is 1. The Labute approximate surface area is 124 Å². The zero-order valence-corrected chi connectivity index (χ0v) is 13.9. The molecule has 20 heavy (non-hydrogen) atoms. The van der Waals surface area contributed by atoms with Gasteiger partial charge in [0, 0.05) is 18.6 Å². The van der Waals surface area contributed by atoms with Gasteiger partial charge in [0.2, 0.25) is 5.91 Å². The molecule has 2 unspecified atom stereocenters. The van der Waals surface area contributed by atoms with Gasteiger partial charge in [-0.15, -0.1) is 0 Å². The highest BCUT2D eigenvalue weighted by Gasteiger charge is 2.23. The predicted molar refractivity (Wildman–Crippen MR) is 84.8 cm³/mol. The van der Waals surface area contributed by atoms with Gasteiger partial charge in [-0.25, -0.2) is 0 Å². The van der Waals surface area contributed by atoms with Crippen molar-refractivity contribution in [2.24, 2.45) is 5.92 Å². The molecule has 4 nitrogen and oxygen atoms in total. The first-order valence-corrected chi connectivity index (χ1v) is 8.09. The Morgan fingerprint density at radius 2 is 1.80 bits per heavy atom. The van der Waals surface area contributed by atoms with Gasteiger partial charge < -0.3 is 15.5 Å². The van der Waals surface area contributed by atoms with Crippen molar-refractivity contribution >= 4 is 5.91 Å². The number of hydrogen-bond acceptors (Lipinski definition) is 3. The second-order valence-electron chi connectivity index (χ2n) is 6.97. The molecular formula is C16H33N3O. The Hall–Kier alpha value is -0.610. The van der Waals surface area contributed by atoms with Crippen molar-refractivity contribution in [1.29, 1.82) is 0 Å². The van der Waals surface area contributed by atoms with Crippen LogP contribution in [0.2, 0.25) is 0 Å². The Balaban J connectivity index is 2.41. The molecular weight excluding hydrogens is 250 g/mol. The summed E-state index contributed by atoms with van der Waals surface area (Å²) >= 11 is 0. The highest BCUT2D eigenvalue weighted by Crippen LogP contribution is 2.17. The van der Waals surface area contributed by atoms with E-state index in [1.54, 1.807) is 0 Å². The van der Waals surface area contributed by atoms with Gasteiger partial charge in [0.15, 0.2) is 0 Å². The smallest absolute Gasteiger partial charge is 0.237 e. The van der Waals surface area contributed by atoms with Crippen LogP contribution in [0.25, 0.3) is 0 Å². The lowest BCUT2D eigenvalue weighted by atomic mass is 10.0. The molecule has 0 heterocycles. The van der Waals surface area contributed by atoms with Crippen molar-refractivity contribution in [2.75, 3.05) is 20.6 Å². The van der Waals surface area contributed by atoms with E-state index in [1.165, 1.54) is 12.8 Å². The van der Waals surface area contributed by atoms with Crippen LogP contribution in [-0.4, -0.2) is 49.6 Å². The largest absolute Gasteiger partial charge is 0.352 e. The van der Waals surface area contributed by atoms with Crippen LogP contribution in [0, 0.1) is 5.92 Å². The Kier molecular flexibility index (Phi) is 7.52. The quantitative estimate of drug-likeness (QED) is 0.716. The van der Waals surface area contributed by atoms with Crippen molar-refractivity contribution in [3.05, 3.63) is 0 Å². The Morgan fingerprint density at radius 1 is 1.20 bits per heavy atom. The molecule has 1 rings (SSSR count). The number of hydrogen-bond donors (Lipinski definition) is 2. The van der Waals surface area contributed by atoms with Crippen molar-refractivity contribution < 1.29 is 4.79 Å². The van der Waals surface area contributed by atoms with E-state index in [-0.39, 0.29) is 11.9 Å². The zero-order chi connectivity index (χ0) is 15.1. The molecule has 1 aliphatic rings. The maximum Gasteiger partial charge on any atom is 0.237 e. The first-order valence-electron chi connectivity index (χ1n) is 8.09. The number of carbonyl (C=O) groups is 1. The number of nitrogens with one attached hydrogen (secondary N) is 2. The summed E-state index contributed by atoms with van der Waals surface area (Å²) in [7, 11) is 4.16. The lowest BCUT2D eigenvalue weighted by Gasteiger charge is -2.27. The van der Waals surface area contributed by atoms with Crippen LogP contribution in [0.15, 0.2) is 0 Å². The first-order chi connectivity index (χ1) is 9.38. The lowest BCUT2D eigenvalue weighted by Crippen LogP contribution is -2.51. The summed E-state index contributed by atoms with van der Waals surface area (Å²) < 4.78 is 0. The first kappa shape index (κ1) is 17.4. The van der Waals surface area contributed by atoms with Gasteiger partial charge in [0.25, 0.3) is 0 Å². The second kappa shape index (κ2) is 8.63. The van der Waals surface area contributed by atoms with E-state index in [4.69, 9.17) is 0 Å². The van der Waals surface area contributed by atoms with Crippen molar-refractivity contribution in [3.63, 3.8) is 0 Å². The van der Waals surface area contributed by atoms with Crippen molar-refractivity contribution in [1.82, 2.24) is 15.5 Å². The zero-order valence-electron chi connectivity index (χ0n) is 13.9. The lowest BCUT2D eigenvalue weighted by molar-refractivity contribution is -0.123. The summed E-state index contributed by atoms with van der Waals surface area (Å²) in [5.74, 6) is 0.793. The van der Waals surface area contributed by atoms with Crippen molar-refractivity contribution in [3.8, 4) is 0 Å². The van der Waals surface area contributed by atoms with Gasteiger partial charge in [0.1, 0.15) is 0 Å². The molecule has 0 aromatic carbocycles. The topological polar surface area (TPSA) is 44.4 Å². The monoisotopic (exact) mass is 283 g/mol. The summed E-state index contributed by atoms with van der Waals surface area (Å²) in [6.45, 7) is 7.41. The van der Waals surface area contributed by atoms with E-state index >= 15 is 0 Å². The second-order valence-corrected chi connectivity index (χ2v) is 6.97. The Morgan fingerprint density at radius 3 is 2.30 bits per heavy atom. The summed E-state index contributed by atoms with van der Waals surface area (Å²) in [6, 6.07) is 0.665. The van der Waals surface area contributed by atoms with E-state index in [9.17, 15) is 4.79 Å². The number of likely N-dealkylation sites (N-methyl/N-ethyl adjacent to an activating group) is 1. The number of rotatable bonds is 8. The third-order valence-electron chi connectivity index (χ3n) is 3.92. The predicted octanol–water partition coefficient (Wildman–Crippen LogP) is 2.00. The summed E-state index contributed by atoms with van der Waals surface area (Å²) in [4.78, 5) is 14.4. The van der Waals surface area contributed by atoms with Gasteiger partial charge >= 0.3 is 0 Å². The molecule has 0 aliphatic heterocycles.